The van der Waals surface area contributed by atoms with Gasteiger partial charge in [-0.15, -0.1) is 0 Å². The molecule has 0 radical (unpaired) electrons. The van der Waals surface area contributed by atoms with Crippen LogP contribution in [0.2, 0.25) is 0 Å². The number of H-pyrrole nitrogens is 1. The van der Waals surface area contributed by atoms with Crippen molar-refractivity contribution in [2.45, 2.75) is 0 Å². The van der Waals surface area contributed by atoms with Crippen LogP contribution in [0.4, 0.5) is 4.39 Å². The van der Waals surface area contributed by atoms with E-state index in [-0.39, 0.29) is 11.4 Å². The van der Waals surface area contributed by atoms with Gasteiger partial charge in [-0.25, -0.2) is 4.39 Å². The molecule has 0 unspecified atom stereocenters. The summed E-state index contributed by atoms with van der Waals surface area (Å²) in [5, 5.41) is 0.834. The summed E-state index contributed by atoms with van der Waals surface area (Å²) in [4.78, 5) is 13.4. The van der Waals surface area contributed by atoms with Crippen molar-refractivity contribution >= 4 is 10.8 Å². The van der Waals surface area contributed by atoms with Gasteiger partial charge in [-0.3, -0.25) is 4.79 Å². The number of aromatic amines is 1. The molecule has 0 fully saturated rings. The molecule has 3 nitrogen and oxygen atoms in total. The first kappa shape index (κ1) is 8.74. The number of fused-ring (bicyclic) bond motifs is 1. The van der Waals surface area contributed by atoms with Crippen LogP contribution in [0.25, 0.3) is 10.8 Å². The minimum atomic E-state index is -0.378. The molecule has 0 aliphatic carbocycles. The number of nitrogens with one attached hydrogen (secondary N) is 1. The molecule has 0 bridgehead atoms. The molecule has 1 aromatic carbocycles. The Bertz CT molecular complexity index is 533. The summed E-state index contributed by atoms with van der Waals surface area (Å²) in [6, 6.07) is 4.12. The van der Waals surface area contributed by atoms with Crippen molar-refractivity contribution in [2.75, 3.05) is 7.11 Å². The summed E-state index contributed by atoms with van der Waals surface area (Å²) < 4.78 is 18.3. The SMILES string of the molecule is COc1ccc(F)c2c[nH]c(=O)cc12. The molecule has 14 heavy (non-hydrogen) atoms. The molecular formula is C10H8FNO2. The normalized spacial score (nSPS) is 10.4. The maximum atomic E-state index is 13.3. The molecule has 0 saturated carbocycles. The van der Waals surface area contributed by atoms with Crippen molar-refractivity contribution < 1.29 is 9.13 Å². The number of methoxy groups -OCH3 is 1. The first-order valence-corrected chi connectivity index (χ1v) is 4.07. The van der Waals surface area contributed by atoms with E-state index in [9.17, 15) is 9.18 Å². The first-order valence-electron chi connectivity index (χ1n) is 4.07. The van der Waals surface area contributed by atoms with E-state index in [4.69, 9.17) is 4.74 Å². The molecule has 0 spiro atoms. The van der Waals surface area contributed by atoms with E-state index in [2.05, 4.69) is 4.98 Å². The summed E-state index contributed by atoms with van der Waals surface area (Å²) in [6.07, 6.45) is 1.34. The number of ether oxygens (including phenoxy) is 1. The van der Waals surface area contributed by atoms with Crippen LogP contribution in [0.1, 0.15) is 0 Å². The Labute approximate surface area is 79.1 Å². The Balaban J connectivity index is 2.92. The molecule has 2 aromatic rings. The smallest absolute Gasteiger partial charge is 0.248 e. The third kappa shape index (κ3) is 1.25. The summed E-state index contributed by atoms with van der Waals surface area (Å²) in [7, 11) is 1.48. The molecule has 1 N–H and O–H groups in total. The van der Waals surface area contributed by atoms with Gasteiger partial charge >= 0.3 is 0 Å². The fraction of sp³-hybridized carbons (Fsp3) is 0.100. The Hall–Kier alpha value is -1.84. The van der Waals surface area contributed by atoms with Gasteiger partial charge in [-0.2, -0.15) is 0 Å². The van der Waals surface area contributed by atoms with Gasteiger partial charge in [-0.05, 0) is 12.1 Å². The predicted molar refractivity (Wildman–Crippen MR) is 51.1 cm³/mol. The summed E-state index contributed by atoms with van der Waals surface area (Å²) in [5.41, 5.74) is -0.276. The van der Waals surface area contributed by atoms with Crippen molar-refractivity contribution in [3.63, 3.8) is 0 Å². The maximum absolute atomic E-state index is 13.3. The highest BCUT2D eigenvalue weighted by Gasteiger charge is 2.06. The van der Waals surface area contributed by atoms with Crippen molar-refractivity contribution in [1.82, 2.24) is 4.98 Å². The second-order valence-electron chi connectivity index (χ2n) is 2.87. The van der Waals surface area contributed by atoms with Gasteiger partial charge in [-0.1, -0.05) is 0 Å². The monoisotopic (exact) mass is 193 g/mol. The summed E-state index contributed by atoms with van der Waals surface area (Å²) in [5.74, 6) is 0.115. The number of benzene rings is 1. The predicted octanol–water partition coefficient (Wildman–Crippen LogP) is 1.68. The molecule has 0 aliphatic rings. The van der Waals surface area contributed by atoms with E-state index in [0.717, 1.165) is 0 Å². The molecule has 0 saturated heterocycles. The zero-order valence-corrected chi connectivity index (χ0v) is 7.50. The number of rotatable bonds is 1. The lowest BCUT2D eigenvalue weighted by molar-refractivity contribution is 0.419. The highest BCUT2D eigenvalue weighted by molar-refractivity contribution is 5.87. The zero-order valence-electron chi connectivity index (χ0n) is 7.50. The Morgan fingerprint density at radius 2 is 2.14 bits per heavy atom. The average molecular weight is 193 g/mol. The van der Waals surface area contributed by atoms with Gasteiger partial charge < -0.3 is 9.72 Å². The van der Waals surface area contributed by atoms with E-state index in [1.165, 1.54) is 31.5 Å². The van der Waals surface area contributed by atoms with Crippen LogP contribution in [0, 0.1) is 5.82 Å². The van der Waals surface area contributed by atoms with Gasteiger partial charge in [0, 0.05) is 23.0 Å². The minimum Gasteiger partial charge on any atom is -0.496 e. The largest absolute Gasteiger partial charge is 0.496 e. The van der Waals surface area contributed by atoms with Crippen molar-refractivity contribution in [3.8, 4) is 5.75 Å². The highest BCUT2D eigenvalue weighted by atomic mass is 19.1. The lowest BCUT2D eigenvalue weighted by Crippen LogP contribution is -2.03. The minimum absolute atomic E-state index is 0.276. The zero-order chi connectivity index (χ0) is 10.1. The molecule has 72 valence electrons. The summed E-state index contributed by atoms with van der Waals surface area (Å²) in [6.45, 7) is 0. The summed E-state index contributed by atoms with van der Waals surface area (Å²) >= 11 is 0. The Kier molecular flexibility index (Phi) is 1.96. The molecule has 1 heterocycles. The van der Waals surface area contributed by atoms with E-state index in [0.29, 0.717) is 16.5 Å². The van der Waals surface area contributed by atoms with Crippen LogP contribution < -0.4 is 10.3 Å². The molecule has 0 aliphatic heterocycles. The van der Waals surface area contributed by atoms with Crippen LogP contribution in [-0.2, 0) is 0 Å². The fourth-order valence-corrected chi connectivity index (χ4v) is 1.38. The first-order chi connectivity index (χ1) is 6.72. The Morgan fingerprint density at radius 1 is 1.36 bits per heavy atom. The van der Waals surface area contributed by atoms with Crippen molar-refractivity contribution in [3.05, 3.63) is 40.6 Å². The van der Waals surface area contributed by atoms with Crippen LogP contribution in [0.3, 0.4) is 0 Å². The topological polar surface area (TPSA) is 42.1 Å². The lowest BCUT2D eigenvalue weighted by Gasteiger charge is -2.04. The third-order valence-corrected chi connectivity index (χ3v) is 2.05. The van der Waals surface area contributed by atoms with E-state index < -0.39 is 0 Å². The maximum Gasteiger partial charge on any atom is 0.248 e. The van der Waals surface area contributed by atoms with Gasteiger partial charge in [0.05, 0.1) is 7.11 Å². The molecule has 1 aromatic heterocycles. The van der Waals surface area contributed by atoms with Crippen molar-refractivity contribution in [2.24, 2.45) is 0 Å². The van der Waals surface area contributed by atoms with Gasteiger partial charge in [0.2, 0.25) is 5.56 Å². The molecular weight excluding hydrogens is 185 g/mol. The third-order valence-electron chi connectivity index (χ3n) is 2.05. The van der Waals surface area contributed by atoms with E-state index in [1.807, 2.05) is 0 Å². The number of hydrogen-bond donors (Lipinski definition) is 1. The van der Waals surface area contributed by atoms with Gasteiger partial charge in [0.25, 0.3) is 0 Å². The van der Waals surface area contributed by atoms with E-state index >= 15 is 0 Å². The average Bonchev–Trinajstić information content (AvgIpc) is 2.18. The van der Waals surface area contributed by atoms with E-state index in [1.54, 1.807) is 0 Å². The molecule has 0 amide bonds. The number of hydrogen-bond acceptors (Lipinski definition) is 2. The second kappa shape index (κ2) is 3.14. The van der Waals surface area contributed by atoms with Crippen LogP contribution in [0.5, 0.6) is 5.75 Å². The number of halogens is 1. The highest BCUT2D eigenvalue weighted by Crippen LogP contribution is 2.25. The Morgan fingerprint density at radius 3 is 2.86 bits per heavy atom. The number of pyridine rings is 1. The standard InChI is InChI=1S/C10H8FNO2/c1-14-9-3-2-8(11)7-5-12-10(13)4-6(7)9/h2-5H,1H3,(H,12,13). The quantitative estimate of drug-likeness (QED) is 0.748. The van der Waals surface area contributed by atoms with Gasteiger partial charge in [0.1, 0.15) is 11.6 Å². The van der Waals surface area contributed by atoms with Crippen molar-refractivity contribution in [1.29, 1.82) is 0 Å². The van der Waals surface area contributed by atoms with Crippen LogP contribution in [-0.4, -0.2) is 12.1 Å². The lowest BCUT2D eigenvalue weighted by atomic mass is 10.1. The molecule has 2 rings (SSSR count). The number of aromatic nitrogens is 1. The molecule has 4 heteroatoms. The fourth-order valence-electron chi connectivity index (χ4n) is 1.38. The van der Waals surface area contributed by atoms with Gasteiger partial charge in [0.15, 0.2) is 0 Å². The van der Waals surface area contributed by atoms with Crippen LogP contribution in [0.15, 0.2) is 29.2 Å². The van der Waals surface area contributed by atoms with Crippen LogP contribution >= 0.6 is 0 Å². The molecule has 0 atom stereocenters. The second-order valence-corrected chi connectivity index (χ2v) is 2.87.